The van der Waals surface area contributed by atoms with Gasteiger partial charge in [0, 0.05) is 23.6 Å². The summed E-state index contributed by atoms with van der Waals surface area (Å²) in [7, 11) is 0. The van der Waals surface area contributed by atoms with Crippen molar-refractivity contribution >= 4 is 34.8 Å². The number of amides is 1. The van der Waals surface area contributed by atoms with E-state index >= 15 is 0 Å². The molecule has 0 saturated heterocycles. The van der Waals surface area contributed by atoms with Crippen LogP contribution in [0.15, 0.2) is 35.8 Å². The summed E-state index contributed by atoms with van der Waals surface area (Å²) in [5.74, 6) is 0.632. The summed E-state index contributed by atoms with van der Waals surface area (Å²) in [6.07, 6.45) is 7.20. The molecule has 0 fully saturated rings. The molecule has 1 aromatic carbocycles. The Morgan fingerprint density at radius 3 is 2.63 bits per heavy atom. The van der Waals surface area contributed by atoms with Crippen LogP contribution in [0.2, 0.25) is 0 Å². The van der Waals surface area contributed by atoms with Gasteiger partial charge in [-0.1, -0.05) is 56.0 Å². The molecular formula is C20H25ClN4OS. The number of hydrogen-bond acceptors (Lipinski definition) is 4. The fourth-order valence-electron chi connectivity index (χ4n) is 2.79. The van der Waals surface area contributed by atoms with Crippen molar-refractivity contribution in [1.82, 2.24) is 15.0 Å². The standard InChI is InChI=1S/C20H24N4OS.ClH/c1-3-4-5-6-7-16-22-17(15-10-8-14(2)9-11-15)18(23-16)19(25)24-20-21-12-13-26-20;/h8-13H,3-7H2,1-2H3,(H,22,23)(H,21,24,25);1H. The second kappa shape index (κ2) is 10.2. The van der Waals surface area contributed by atoms with Gasteiger partial charge in [0.15, 0.2) is 10.8 Å². The van der Waals surface area contributed by atoms with Crippen molar-refractivity contribution in [3.8, 4) is 11.3 Å². The van der Waals surface area contributed by atoms with E-state index in [-0.39, 0.29) is 18.3 Å². The zero-order valence-corrected chi connectivity index (χ0v) is 17.3. The number of unbranched alkanes of at least 4 members (excludes halogenated alkanes) is 3. The van der Waals surface area contributed by atoms with Crippen LogP contribution in [0.5, 0.6) is 0 Å². The zero-order chi connectivity index (χ0) is 18.4. The van der Waals surface area contributed by atoms with Crippen LogP contribution in [0.3, 0.4) is 0 Å². The number of halogens is 1. The monoisotopic (exact) mass is 404 g/mol. The minimum absolute atomic E-state index is 0. The van der Waals surface area contributed by atoms with E-state index in [1.807, 2.05) is 36.6 Å². The first kappa shape index (κ1) is 21.1. The SMILES string of the molecule is CCCCCCc1nc(C(=O)Nc2nccs2)c(-c2ccc(C)cc2)[nH]1.Cl. The Morgan fingerprint density at radius 1 is 1.19 bits per heavy atom. The van der Waals surface area contributed by atoms with Crippen molar-refractivity contribution < 1.29 is 4.79 Å². The fraction of sp³-hybridized carbons (Fsp3) is 0.350. The third-order valence-corrected chi connectivity index (χ3v) is 4.92. The lowest BCUT2D eigenvalue weighted by Gasteiger charge is -2.03. The summed E-state index contributed by atoms with van der Waals surface area (Å²) in [6, 6.07) is 8.12. The number of anilines is 1. The maximum Gasteiger partial charge on any atom is 0.278 e. The molecule has 0 spiro atoms. The maximum atomic E-state index is 12.7. The van der Waals surface area contributed by atoms with Gasteiger partial charge in [-0.2, -0.15) is 0 Å². The van der Waals surface area contributed by atoms with Crippen molar-refractivity contribution in [2.75, 3.05) is 5.32 Å². The van der Waals surface area contributed by atoms with Gasteiger partial charge >= 0.3 is 0 Å². The van der Waals surface area contributed by atoms with Gasteiger partial charge < -0.3 is 4.98 Å². The van der Waals surface area contributed by atoms with E-state index in [2.05, 4.69) is 27.2 Å². The smallest absolute Gasteiger partial charge is 0.278 e. The Labute approximate surface area is 170 Å². The van der Waals surface area contributed by atoms with Gasteiger partial charge in [0.2, 0.25) is 0 Å². The topological polar surface area (TPSA) is 70.7 Å². The molecule has 2 heterocycles. The minimum Gasteiger partial charge on any atom is -0.341 e. The number of hydrogen-bond donors (Lipinski definition) is 2. The Bertz CT molecular complexity index is 844. The number of nitrogens with one attached hydrogen (secondary N) is 2. The number of nitrogens with zero attached hydrogens (tertiary/aromatic N) is 2. The van der Waals surface area contributed by atoms with Crippen molar-refractivity contribution in [2.45, 2.75) is 46.0 Å². The second-order valence-electron chi connectivity index (χ2n) is 6.38. The van der Waals surface area contributed by atoms with Crippen molar-refractivity contribution in [2.24, 2.45) is 0 Å². The van der Waals surface area contributed by atoms with Crippen molar-refractivity contribution in [1.29, 1.82) is 0 Å². The maximum absolute atomic E-state index is 12.7. The first-order valence-electron chi connectivity index (χ1n) is 9.04. The summed E-state index contributed by atoms with van der Waals surface area (Å²) in [6.45, 7) is 4.25. The predicted octanol–water partition coefficient (Wildman–Crippen LogP) is 5.64. The number of thiazole rings is 1. The first-order chi connectivity index (χ1) is 12.7. The predicted molar refractivity (Wildman–Crippen MR) is 114 cm³/mol. The van der Waals surface area contributed by atoms with Gasteiger partial charge in [-0.25, -0.2) is 9.97 Å². The summed E-state index contributed by atoms with van der Waals surface area (Å²) in [4.78, 5) is 24.8. The summed E-state index contributed by atoms with van der Waals surface area (Å²) >= 11 is 1.39. The van der Waals surface area contributed by atoms with Crippen LogP contribution in [-0.4, -0.2) is 20.9 Å². The molecule has 0 radical (unpaired) electrons. The van der Waals surface area contributed by atoms with Crippen LogP contribution in [0.1, 0.15) is 54.5 Å². The highest BCUT2D eigenvalue weighted by Crippen LogP contribution is 2.24. The molecule has 27 heavy (non-hydrogen) atoms. The first-order valence-corrected chi connectivity index (χ1v) is 9.92. The number of carbonyl (C=O) groups is 1. The highest BCUT2D eigenvalue weighted by molar-refractivity contribution is 7.13. The fourth-order valence-corrected chi connectivity index (χ4v) is 3.32. The molecular weight excluding hydrogens is 380 g/mol. The molecule has 2 N–H and O–H groups in total. The Morgan fingerprint density at radius 2 is 1.96 bits per heavy atom. The number of aromatic nitrogens is 3. The highest BCUT2D eigenvalue weighted by atomic mass is 35.5. The number of aryl methyl sites for hydroxylation is 2. The average molecular weight is 405 g/mol. The van der Waals surface area contributed by atoms with Crippen LogP contribution in [-0.2, 0) is 6.42 Å². The molecule has 5 nitrogen and oxygen atoms in total. The number of H-pyrrole nitrogens is 1. The molecule has 144 valence electrons. The molecule has 0 aliphatic heterocycles. The van der Waals surface area contributed by atoms with Crippen LogP contribution in [0, 0.1) is 6.92 Å². The molecule has 0 aliphatic carbocycles. The minimum atomic E-state index is -0.230. The lowest BCUT2D eigenvalue weighted by atomic mass is 10.1. The van der Waals surface area contributed by atoms with Crippen LogP contribution < -0.4 is 5.32 Å². The normalized spacial score (nSPS) is 10.4. The number of rotatable bonds is 8. The van der Waals surface area contributed by atoms with E-state index in [4.69, 9.17) is 0 Å². The molecule has 0 unspecified atom stereocenters. The second-order valence-corrected chi connectivity index (χ2v) is 7.27. The van der Waals surface area contributed by atoms with E-state index in [9.17, 15) is 4.79 Å². The number of carbonyl (C=O) groups excluding carboxylic acids is 1. The largest absolute Gasteiger partial charge is 0.341 e. The highest BCUT2D eigenvalue weighted by Gasteiger charge is 2.19. The van der Waals surface area contributed by atoms with Gasteiger partial charge in [-0.3, -0.25) is 10.1 Å². The molecule has 1 amide bonds. The van der Waals surface area contributed by atoms with Crippen LogP contribution in [0.4, 0.5) is 5.13 Å². The van der Waals surface area contributed by atoms with E-state index in [1.165, 1.54) is 36.2 Å². The zero-order valence-electron chi connectivity index (χ0n) is 15.6. The number of benzene rings is 1. The van der Waals surface area contributed by atoms with E-state index in [0.717, 1.165) is 29.9 Å². The van der Waals surface area contributed by atoms with Crippen LogP contribution >= 0.6 is 23.7 Å². The van der Waals surface area contributed by atoms with Crippen LogP contribution in [0.25, 0.3) is 11.3 Å². The van der Waals surface area contributed by atoms with Gasteiger partial charge in [0.05, 0.1) is 5.69 Å². The van der Waals surface area contributed by atoms with Gasteiger partial charge in [0.25, 0.3) is 5.91 Å². The van der Waals surface area contributed by atoms with E-state index < -0.39 is 0 Å². The lowest BCUT2D eigenvalue weighted by molar-refractivity contribution is 0.102. The quantitative estimate of drug-likeness (QED) is 0.477. The Balaban J connectivity index is 0.00000261. The van der Waals surface area contributed by atoms with Gasteiger partial charge in [0.1, 0.15) is 5.82 Å². The van der Waals surface area contributed by atoms with Gasteiger partial charge in [-0.15, -0.1) is 23.7 Å². The average Bonchev–Trinajstić information content (AvgIpc) is 3.29. The molecule has 0 bridgehead atoms. The molecule has 0 atom stereocenters. The molecule has 0 aliphatic rings. The summed E-state index contributed by atoms with van der Waals surface area (Å²) in [5.41, 5.74) is 3.34. The van der Waals surface area contributed by atoms with Crippen molar-refractivity contribution in [3.63, 3.8) is 0 Å². The lowest BCUT2D eigenvalue weighted by Crippen LogP contribution is -2.13. The molecule has 7 heteroatoms. The summed E-state index contributed by atoms with van der Waals surface area (Å²) in [5, 5.41) is 5.25. The molecule has 3 aromatic rings. The molecule has 0 saturated carbocycles. The number of aromatic amines is 1. The molecule has 2 aromatic heterocycles. The number of imidazole rings is 1. The third-order valence-electron chi connectivity index (χ3n) is 4.23. The Hall–Kier alpha value is -2.18. The third kappa shape index (κ3) is 5.65. The van der Waals surface area contributed by atoms with E-state index in [0.29, 0.717) is 10.8 Å². The van der Waals surface area contributed by atoms with E-state index in [1.54, 1.807) is 6.20 Å². The Kier molecular flexibility index (Phi) is 8.00. The molecule has 3 rings (SSSR count). The van der Waals surface area contributed by atoms with Gasteiger partial charge in [-0.05, 0) is 13.3 Å². The summed E-state index contributed by atoms with van der Waals surface area (Å²) < 4.78 is 0. The van der Waals surface area contributed by atoms with Crippen molar-refractivity contribution in [3.05, 3.63) is 52.9 Å².